The van der Waals surface area contributed by atoms with Crippen molar-refractivity contribution in [3.8, 4) is 0 Å². The molecule has 18 heavy (non-hydrogen) atoms. The van der Waals surface area contributed by atoms with E-state index in [1.807, 2.05) is 0 Å². The highest BCUT2D eigenvalue weighted by molar-refractivity contribution is 5.48. The van der Waals surface area contributed by atoms with Crippen molar-refractivity contribution in [2.24, 2.45) is 5.92 Å². The Kier molecular flexibility index (Phi) is 3.93. The molecule has 0 aliphatic carbocycles. The van der Waals surface area contributed by atoms with Crippen molar-refractivity contribution in [2.45, 2.75) is 26.4 Å². The maximum absolute atomic E-state index is 5.97. The number of hydrogen-bond acceptors (Lipinski definition) is 3. The number of rotatable bonds is 3. The summed E-state index contributed by atoms with van der Waals surface area (Å²) < 4.78 is 0. The number of nitrogens with two attached hydrogens (primary N) is 1. The highest BCUT2D eigenvalue weighted by Gasteiger charge is 2.30. The minimum atomic E-state index is 0.674. The number of likely N-dealkylation sites (tertiary alicyclic amines) is 1. The van der Waals surface area contributed by atoms with Crippen LogP contribution in [0.25, 0.3) is 0 Å². The van der Waals surface area contributed by atoms with Crippen molar-refractivity contribution in [1.82, 2.24) is 9.80 Å². The summed E-state index contributed by atoms with van der Waals surface area (Å²) in [5.41, 5.74) is 9.37. The number of aryl methyl sites for hydroxylation is 1. The first kappa shape index (κ1) is 13.4. The van der Waals surface area contributed by atoms with Gasteiger partial charge in [-0.15, -0.1) is 0 Å². The molecule has 3 heteroatoms. The Morgan fingerprint density at radius 3 is 2.61 bits per heavy atom. The van der Waals surface area contributed by atoms with Gasteiger partial charge < -0.3 is 10.6 Å². The normalized spacial score (nSPS) is 24.9. The highest BCUT2D eigenvalue weighted by atomic mass is 15.2. The van der Waals surface area contributed by atoms with Crippen LogP contribution in [0.15, 0.2) is 18.2 Å². The van der Waals surface area contributed by atoms with E-state index >= 15 is 0 Å². The molecule has 2 unspecified atom stereocenters. The van der Waals surface area contributed by atoms with Crippen LogP contribution in [0, 0.1) is 12.8 Å². The number of hydrogen-bond donors (Lipinski definition) is 1. The van der Waals surface area contributed by atoms with Gasteiger partial charge in [-0.05, 0) is 44.1 Å². The molecule has 1 saturated heterocycles. The molecule has 2 N–H and O–H groups in total. The van der Waals surface area contributed by atoms with Gasteiger partial charge in [0, 0.05) is 31.4 Å². The monoisotopic (exact) mass is 247 g/mol. The number of likely N-dealkylation sites (N-methyl/N-ethyl adjacent to an activating group) is 1. The lowest BCUT2D eigenvalue weighted by Crippen LogP contribution is -2.34. The molecule has 100 valence electrons. The van der Waals surface area contributed by atoms with E-state index in [1.165, 1.54) is 17.7 Å². The van der Waals surface area contributed by atoms with E-state index in [2.05, 4.69) is 55.9 Å². The first-order chi connectivity index (χ1) is 8.47. The molecule has 1 aliphatic rings. The standard InChI is InChI=1S/C15H25N3/c1-11-5-6-13(7-14(11)16)9-18-8-12(2)15(10-18)17(3)4/h5-7,12,15H,8-10,16H2,1-4H3. The summed E-state index contributed by atoms with van der Waals surface area (Å²) in [4.78, 5) is 4.87. The van der Waals surface area contributed by atoms with Crippen molar-refractivity contribution in [2.75, 3.05) is 32.9 Å². The molecule has 0 spiro atoms. The third-order valence-corrected chi connectivity index (χ3v) is 4.06. The minimum absolute atomic E-state index is 0.674. The first-order valence-electron chi connectivity index (χ1n) is 6.71. The molecule has 1 aromatic rings. The Morgan fingerprint density at radius 2 is 2.06 bits per heavy atom. The second-order valence-electron chi connectivity index (χ2n) is 5.89. The van der Waals surface area contributed by atoms with Gasteiger partial charge in [0.1, 0.15) is 0 Å². The Morgan fingerprint density at radius 1 is 1.33 bits per heavy atom. The molecule has 0 saturated carbocycles. The average Bonchev–Trinajstić information content (AvgIpc) is 2.65. The fourth-order valence-corrected chi connectivity index (χ4v) is 2.90. The molecule has 0 bridgehead atoms. The summed E-state index contributed by atoms with van der Waals surface area (Å²) in [6.07, 6.45) is 0. The van der Waals surface area contributed by atoms with E-state index in [4.69, 9.17) is 5.73 Å². The van der Waals surface area contributed by atoms with Crippen molar-refractivity contribution in [3.05, 3.63) is 29.3 Å². The van der Waals surface area contributed by atoms with Crippen LogP contribution in [0.2, 0.25) is 0 Å². The molecular weight excluding hydrogens is 222 g/mol. The highest BCUT2D eigenvalue weighted by Crippen LogP contribution is 2.23. The molecule has 0 radical (unpaired) electrons. The zero-order valence-electron chi connectivity index (χ0n) is 12.0. The summed E-state index contributed by atoms with van der Waals surface area (Å²) in [6, 6.07) is 7.10. The molecule has 1 fully saturated rings. The largest absolute Gasteiger partial charge is 0.399 e. The van der Waals surface area contributed by atoms with Gasteiger partial charge in [0.05, 0.1) is 0 Å². The van der Waals surface area contributed by atoms with Crippen LogP contribution in [0.1, 0.15) is 18.1 Å². The zero-order chi connectivity index (χ0) is 13.3. The van der Waals surface area contributed by atoms with Crippen molar-refractivity contribution < 1.29 is 0 Å². The lowest BCUT2D eigenvalue weighted by atomic mass is 10.1. The molecule has 3 nitrogen and oxygen atoms in total. The molecule has 2 rings (SSSR count). The molecule has 1 heterocycles. The zero-order valence-corrected chi connectivity index (χ0v) is 12.0. The van der Waals surface area contributed by atoms with Gasteiger partial charge in [-0.25, -0.2) is 0 Å². The Bertz CT molecular complexity index is 414. The van der Waals surface area contributed by atoms with E-state index in [0.29, 0.717) is 6.04 Å². The minimum Gasteiger partial charge on any atom is -0.399 e. The fraction of sp³-hybridized carbons (Fsp3) is 0.600. The topological polar surface area (TPSA) is 32.5 Å². The Balaban J connectivity index is 2.00. The van der Waals surface area contributed by atoms with Gasteiger partial charge >= 0.3 is 0 Å². The van der Waals surface area contributed by atoms with E-state index < -0.39 is 0 Å². The summed E-state index contributed by atoms with van der Waals surface area (Å²) in [5, 5.41) is 0. The maximum Gasteiger partial charge on any atom is 0.0346 e. The number of nitrogens with zero attached hydrogens (tertiary/aromatic N) is 2. The van der Waals surface area contributed by atoms with Gasteiger partial charge in [-0.1, -0.05) is 19.1 Å². The van der Waals surface area contributed by atoms with E-state index in [-0.39, 0.29) is 0 Å². The molecule has 0 aromatic heterocycles. The quantitative estimate of drug-likeness (QED) is 0.829. The van der Waals surface area contributed by atoms with Crippen LogP contribution < -0.4 is 5.73 Å². The van der Waals surface area contributed by atoms with Crippen LogP contribution >= 0.6 is 0 Å². The van der Waals surface area contributed by atoms with E-state index in [9.17, 15) is 0 Å². The molecule has 1 aromatic carbocycles. The average molecular weight is 247 g/mol. The van der Waals surface area contributed by atoms with E-state index in [1.54, 1.807) is 0 Å². The van der Waals surface area contributed by atoms with Crippen LogP contribution in [-0.2, 0) is 6.54 Å². The second kappa shape index (κ2) is 5.29. The van der Waals surface area contributed by atoms with Gasteiger partial charge in [0.15, 0.2) is 0 Å². The fourth-order valence-electron chi connectivity index (χ4n) is 2.90. The van der Waals surface area contributed by atoms with E-state index in [0.717, 1.165) is 24.7 Å². The summed E-state index contributed by atoms with van der Waals surface area (Å²) in [6.45, 7) is 7.74. The Labute approximate surface area is 111 Å². The van der Waals surface area contributed by atoms with Gasteiger partial charge in [-0.3, -0.25) is 4.90 Å². The number of nitrogen functional groups attached to an aromatic ring is 1. The van der Waals surface area contributed by atoms with Crippen molar-refractivity contribution >= 4 is 5.69 Å². The van der Waals surface area contributed by atoms with Crippen LogP contribution in [0.5, 0.6) is 0 Å². The predicted molar refractivity (Wildman–Crippen MR) is 77.5 cm³/mol. The Hall–Kier alpha value is -1.06. The lowest BCUT2D eigenvalue weighted by molar-refractivity contribution is 0.250. The van der Waals surface area contributed by atoms with Gasteiger partial charge in [0.2, 0.25) is 0 Å². The van der Waals surface area contributed by atoms with Crippen molar-refractivity contribution in [3.63, 3.8) is 0 Å². The van der Waals surface area contributed by atoms with Crippen LogP contribution in [-0.4, -0.2) is 43.0 Å². The third-order valence-electron chi connectivity index (χ3n) is 4.06. The molecule has 1 aliphatic heterocycles. The number of anilines is 1. The van der Waals surface area contributed by atoms with Crippen LogP contribution in [0.3, 0.4) is 0 Å². The second-order valence-corrected chi connectivity index (χ2v) is 5.89. The van der Waals surface area contributed by atoms with Crippen LogP contribution in [0.4, 0.5) is 5.69 Å². The smallest absolute Gasteiger partial charge is 0.0346 e. The predicted octanol–water partition coefficient (Wildman–Crippen LogP) is 1.96. The first-order valence-corrected chi connectivity index (χ1v) is 6.71. The maximum atomic E-state index is 5.97. The summed E-state index contributed by atoms with van der Waals surface area (Å²) >= 11 is 0. The lowest BCUT2D eigenvalue weighted by Gasteiger charge is -2.22. The third kappa shape index (κ3) is 2.85. The summed E-state index contributed by atoms with van der Waals surface area (Å²) in [5.74, 6) is 0.739. The molecule has 2 atom stereocenters. The van der Waals surface area contributed by atoms with Crippen molar-refractivity contribution in [1.29, 1.82) is 0 Å². The van der Waals surface area contributed by atoms with Gasteiger partial charge in [0.25, 0.3) is 0 Å². The SMILES string of the molecule is Cc1ccc(CN2CC(C)C(N(C)C)C2)cc1N. The molecule has 0 amide bonds. The summed E-state index contributed by atoms with van der Waals surface area (Å²) in [7, 11) is 4.35. The van der Waals surface area contributed by atoms with Gasteiger partial charge in [-0.2, -0.15) is 0 Å². The number of benzene rings is 1. The molecular formula is C15H25N3.